The summed E-state index contributed by atoms with van der Waals surface area (Å²) in [5.74, 6) is -0.206. The van der Waals surface area contributed by atoms with Crippen molar-refractivity contribution >= 4 is 34.0 Å². The van der Waals surface area contributed by atoms with Gasteiger partial charge in [0.25, 0.3) is 0 Å². The summed E-state index contributed by atoms with van der Waals surface area (Å²) in [5, 5.41) is 0. The van der Waals surface area contributed by atoms with E-state index in [1.165, 1.54) is 6.07 Å². The molecule has 0 aliphatic rings. The average Bonchev–Trinajstić information content (AvgIpc) is 2.25. The van der Waals surface area contributed by atoms with E-state index in [9.17, 15) is 4.39 Å². The maximum absolute atomic E-state index is 13.5. The van der Waals surface area contributed by atoms with Crippen molar-refractivity contribution in [2.24, 2.45) is 0 Å². The Morgan fingerprint density at radius 2 is 1.94 bits per heavy atom. The van der Waals surface area contributed by atoms with Gasteiger partial charge in [0.2, 0.25) is 0 Å². The van der Waals surface area contributed by atoms with Crippen molar-refractivity contribution < 1.29 is 4.39 Å². The van der Waals surface area contributed by atoms with Gasteiger partial charge in [0, 0.05) is 19.2 Å². The average molecular weight is 336 g/mol. The molecule has 4 heteroatoms. The highest BCUT2D eigenvalue weighted by molar-refractivity contribution is 14.1. The molecule has 0 heterocycles. The SMILES string of the molecule is CCC(CC)N(C)c1cc(F)c(I)cc1N. The molecular weight excluding hydrogens is 318 g/mol. The molecule has 2 N–H and O–H groups in total. The number of anilines is 2. The third-order valence-corrected chi connectivity index (χ3v) is 3.77. The van der Waals surface area contributed by atoms with Gasteiger partial charge in [0.1, 0.15) is 5.82 Å². The maximum atomic E-state index is 13.5. The summed E-state index contributed by atoms with van der Waals surface area (Å²) >= 11 is 1.95. The zero-order valence-electron chi connectivity index (χ0n) is 9.93. The fourth-order valence-electron chi connectivity index (χ4n) is 1.89. The number of nitrogen functional groups attached to an aromatic ring is 1. The Morgan fingerprint density at radius 3 is 2.44 bits per heavy atom. The van der Waals surface area contributed by atoms with Crippen LogP contribution >= 0.6 is 22.6 Å². The molecule has 90 valence electrons. The minimum Gasteiger partial charge on any atom is -0.397 e. The lowest BCUT2D eigenvalue weighted by Crippen LogP contribution is -2.31. The fraction of sp³-hybridized carbons (Fsp3) is 0.500. The van der Waals surface area contributed by atoms with Gasteiger partial charge >= 0.3 is 0 Å². The molecule has 0 aliphatic carbocycles. The molecule has 0 atom stereocenters. The Labute approximate surface area is 110 Å². The van der Waals surface area contributed by atoms with Crippen LogP contribution in [0.4, 0.5) is 15.8 Å². The molecule has 16 heavy (non-hydrogen) atoms. The second kappa shape index (κ2) is 5.70. The maximum Gasteiger partial charge on any atom is 0.138 e. The molecule has 0 saturated carbocycles. The van der Waals surface area contributed by atoms with E-state index in [1.54, 1.807) is 6.07 Å². The van der Waals surface area contributed by atoms with Crippen molar-refractivity contribution in [3.05, 3.63) is 21.5 Å². The predicted octanol–water partition coefficient (Wildman–Crippen LogP) is 3.64. The number of hydrogen-bond donors (Lipinski definition) is 1. The van der Waals surface area contributed by atoms with Gasteiger partial charge in [-0.05, 0) is 41.5 Å². The Bertz CT molecular complexity index is 364. The highest BCUT2D eigenvalue weighted by Crippen LogP contribution is 2.29. The van der Waals surface area contributed by atoms with Gasteiger partial charge in [-0.1, -0.05) is 13.8 Å². The minimum absolute atomic E-state index is 0.206. The van der Waals surface area contributed by atoms with Gasteiger partial charge in [0.15, 0.2) is 0 Å². The second-order valence-electron chi connectivity index (χ2n) is 3.91. The van der Waals surface area contributed by atoms with E-state index >= 15 is 0 Å². The lowest BCUT2D eigenvalue weighted by Gasteiger charge is -2.29. The van der Waals surface area contributed by atoms with Crippen LogP contribution in [0.5, 0.6) is 0 Å². The number of halogens is 2. The van der Waals surface area contributed by atoms with Gasteiger partial charge in [-0.25, -0.2) is 4.39 Å². The topological polar surface area (TPSA) is 29.3 Å². The van der Waals surface area contributed by atoms with Crippen LogP contribution in [0.15, 0.2) is 12.1 Å². The van der Waals surface area contributed by atoms with E-state index in [-0.39, 0.29) is 5.82 Å². The number of nitrogens with two attached hydrogens (primary N) is 1. The number of nitrogens with zero attached hydrogens (tertiary/aromatic N) is 1. The molecule has 0 aromatic heterocycles. The molecule has 0 bridgehead atoms. The van der Waals surface area contributed by atoms with Gasteiger partial charge in [-0.2, -0.15) is 0 Å². The Kier molecular flexibility index (Phi) is 4.83. The first-order valence-corrected chi connectivity index (χ1v) is 6.56. The summed E-state index contributed by atoms with van der Waals surface area (Å²) < 4.78 is 14.1. The largest absolute Gasteiger partial charge is 0.397 e. The third-order valence-electron chi connectivity index (χ3n) is 2.94. The van der Waals surface area contributed by atoms with Crippen molar-refractivity contribution in [1.82, 2.24) is 0 Å². The first-order valence-electron chi connectivity index (χ1n) is 5.48. The molecule has 0 unspecified atom stereocenters. The van der Waals surface area contributed by atoms with Crippen LogP contribution in [-0.4, -0.2) is 13.1 Å². The first kappa shape index (κ1) is 13.5. The van der Waals surface area contributed by atoms with Gasteiger partial charge in [-0.3, -0.25) is 0 Å². The Balaban J connectivity index is 3.07. The Hall–Kier alpha value is -0.520. The van der Waals surface area contributed by atoms with E-state index in [4.69, 9.17) is 5.73 Å². The van der Waals surface area contributed by atoms with E-state index in [1.807, 2.05) is 29.6 Å². The predicted molar refractivity (Wildman–Crippen MR) is 76.3 cm³/mol. The zero-order chi connectivity index (χ0) is 12.3. The van der Waals surface area contributed by atoms with Crippen molar-refractivity contribution in [3.63, 3.8) is 0 Å². The summed E-state index contributed by atoms with van der Waals surface area (Å²) in [6.07, 6.45) is 2.06. The second-order valence-corrected chi connectivity index (χ2v) is 5.07. The minimum atomic E-state index is -0.206. The van der Waals surface area contributed by atoms with Gasteiger partial charge in [0.05, 0.1) is 14.9 Å². The molecule has 0 fully saturated rings. The first-order chi connectivity index (χ1) is 7.51. The summed E-state index contributed by atoms with van der Waals surface area (Å²) in [5.41, 5.74) is 7.35. The zero-order valence-corrected chi connectivity index (χ0v) is 12.1. The smallest absolute Gasteiger partial charge is 0.138 e. The summed E-state index contributed by atoms with van der Waals surface area (Å²) in [6.45, 7) is 4.26. The van der Waals surface area contributed by atoms with Crippen LogP contribution < -0.4 is 10.6 Å². The molecule has 2 nitrogen and oxygen atoms in total. The monoisotopic (exact) mass is 336 g/mol. The lowest BCUT2D eigenvalue weighted by molar-refractivity contribution is 0.586. The molecule has 1 aromatic rings. The van der Waals surface area contributed by atoms with Crippen LogP contribution in [-0.2, 0) is 0 Å². The molecule has 0 amide bonds. The van der Waals surface area contributed by atoms with Crippen LogP contribution in [0.3, 0.4) is 0 Å². The number of rotatable bonds is 4. The van der Waals surface area contributed by atoms with Crippen LogP contribution in [0.2, 0.25) is 0 Å². The van der Waals surface area contributed by atoms with Crippen molar-refractivity contribution in [1.29, 1.82) is 0 Å². The quantitative estimate of drug-likeness (QED) is 0.672. The lowest BCUT2D eigenvalue weighted by atomic mass is 10.1. The third kappa shape index (κ3) is 2.78. The highest BCUT2D eigenvalue weighted by Gasteiger charge is 2.15. The van der Waals surface area contributed by atoms with E-state index in [2.05, 4.69) is 18.7 Å². The standard InChI is InChI=1S/C12H18FIN2/c1-4-8(5-2)16(3)12-6-9(13)10(14)7-11(12)15/h6-8H,4-5,15H2,1-3H3. The molecule has 1 rings (SSSR count). The van der Waals surface area contributed by atoms with Crippen molar-refractivity contribution in [3.8, 4) is 0 Å². The van der Waals surface area contributed by atoms with Crippen LogP contribution in [0, 0.1) is 9.39 Å². The summed E-state index contributed by atoms with van der Waals surface area (Å²) in [7, 11) is 1.97. The van der Waals surface area contributed by atoms with Crippen LogP contribution in [0.1, 0.15) is 26.7 Å². The molecule has 0 saturated heterocycles. The molecule has 0 spiro atoms. The van der Waals surface area contributed by atoms with Gasteiger partial charge in [-0.15, -0.1) is 0 Å². The van der Waals surface area contributed by atoms with Crippen LogP contribution in [0.25, 0.3) is 0 Å². The fourth-order valence-corrected chi connectivity index (χ4v) is 2.38. The number of benzene rings is 1. The normalized spacial score (nSPS) is 10.9. The highest BCUT2D eigenvalue weighted by atomic mass is 127. The number of hydrogen-bond acceptors (Lipinski definition) is 2. The molecule has 0 radical (unpaired) electrons. The Morgan fingerprint density at radius 1 is 1.38 bits per heavy atom. The van der Waals surface area contributed by atoms with Crippen molar-refractivity contribution in [2.75, 3.05) is 17.7 Å². The molecule has 1 aromatic carbocycles. The van der Waals surface area contributed by atoms with E-state index in [0.29, 0.717) is 15.3 Å². The summed E-state index contributed by atoms with van der Waals surface area (Å²) in [4.78, 5) is 2.06. The molecule has 0 aliphatic heterocycles. The van der Waals surface area contributed by atoms with E-state index in [0.717, 1.165) is 18.5 Å². The molecular formula is C12H18FIN2. The van der Waals surface area contributed by atoms with E-state index < -0.39 is 0 Å². The summed E-state index contributed by atoms with van der Waals surface area (Å²) in [6, 6.07) is 3.61. The van der Waals surface area contributed by atoms with Crippen molar-refractivity contribution in [2.45, 2.75) is 32.7 Å². The van der Waals surface area contributed by atoms with Gasteiger partial charge < -0.3 is 10.6 Å².